The monoisotopic (exact) mass is 294 g/mol. The topological polar surface area (TPSA) is 75.6 Å². The van der Waals surface area contributed by atoms with Crippen molar-refractivity contribution in [3.8, 4) is 0 Å². The number of fused-ring (bicyclic) bond motifs is 1. The normalized spacial score (nSPS) is 41.3. The van der Waals surface area contributed by atoms with Gasteiger partial charge in [-0.25, -0.2) is 0 Å². The first-order valence-electron chi connectivity index (χ1n) is 8.57. The van der Waals surface area contributed by atoms with Crippen molar-refractivity contribution in [1.29, 1.82) is 0 Å². The van der Waals surface area contributed by atoms with Crippen LogP contribution in [0.15, 0.2) is 0 Å². The SMILES string of the molecule is CC1CN2CCCC2CN1CCC1CCCC1(N)C(N)=O. The Bertz CT molecular complexity index is 402. The third kappa shape index (κ3) is 2.83. The Labute approximate surface area is 128 Å². The molecule has 0 bridgehead atoms. The summed E-state index contributed by atoms with van der Waals surface area (Å²) in [5, 5.41) is 0. The van der Waals surface area contributed by atoms with E-state index in [1.54, 1.807) is 0 Å². The van der Waals surface area contributed by atoms with E-state index in [1.807, 2.05) is 0 Å². The molecular weight excluding hydrogens is 264 g/mol. The Kier molecular flexibility index (Phi) is 4.26. The summed E-state index contributed by atoms with van der Waals surface area (Å²) in [7, 11) is 0. The molecule has 4 unspecified atom stereocenters. The van der Waals surface area contributed by atoms with Gasteiger partial charge in [0.1, 0.15) is 0 Å². The predicted octanol–water partition coefficient (Wildman–Crippen LogP) is 0.528. The van der Waals surface area contributed by atoms with Gasteiger partial charge in [-0.15, -0.1) is 0 Å². The van der Waals surface area contributed by atoms with Crippen LogP contribution >= 0.6 is 0 Å². The van der Waals surface area contributed by atoms with Gasteiger partial charge in [-0.05, 0) is 58.0 Å². The lowest BCUT2D eigenvalue weighted by Gasteiger charge is -2.43. The summed E-state index contributed by atoms with van der Waals surface area (Å²) in [5.74, 6) is -0.0394. The zero-order valence-corrected chi connectivity index (χ0v) is 13.3. The Morgan fingerprint density at radius 3 is 2.86 bits per heavy atom. The first-order chi connectivity index (χ1) is 10.0. The molecule has 2 aliphatic heterocycles. The standard InChI is InChI=1S/C16H30N4O/c1-12-10-20-8-3-5-14(20)11-19(12)9-6-13-4-2-7-16(13,18)15(17)21/h12-14H,2-11,18H2,1H3,(H2,17,21). The van der Waals surface area contributed by atoms with Crippen molar-refractivity contribution in [2.45, 2.75) is 63.1 Å². The molecule has 5 heteroatoms. The van der Waals surface area contributed by atoms with Gasteiger partial charge in [0.05, 0.1) is 5.54 Å². The van der Waals surface area contributed by atoms with Crippen LogP contribution in [0.1, 0.15) is 45.4 Å². The molecule has 0 aromatic carbocycles. The van der Waals surface area contributed by atoms with Crippen LogP contribution in [0, 0.1) is 5.92 Å². The number of rotatable bonds is 4. The van der Waals surface area contributed by atoms with Gasteiger partial charge in [0.25, 0.3) is 0 Å². The maximum Gasteiger partial charge on any atom is 0.237 e. The molecule has 5 nitrogen and oxygen atoms in total. The fourth-order valence-corrected chi connectivity index (χ4v) is 4.71. The number of carbonyl (C=O) groups is 1. The smallest absolute Gasteiger partial charge is 0.237 e. The lowest BCUT2D eigenvalue weighted by atomic mass is 9.84. The quantitative estimate of drug-likeness (QED) is 0.793. The number of primary amides is 1. The Morgan fingerprint density at radius 1 is 1.29 bits per heavy atom. The third-order valence-electron chi connectivity index (χ3n) is 6.16. The van der Waals surface area contributed by atoms with E-state index in [9.17, 15) is 4.79 Å². The molecule has 1 saturated carbocycles. The van der Waals surface area contributed by atoms with Gasteiger partial charge in [0, 0.05) is 25.2 Å². The maximum atomic E-state index is 11.7. The number of nitrogens with zero attached hydrogens (tertiary/aromatic N) is 2. The van der Waals surface area contributed by atoms with Crippen LogP contribution in [0.3, 0.4) is 0 Å². The molecule has 120 valence electrons. The van der Waals surface area contributed by atoms with Gasteiger partial charge >= 0.3 is 0 Å². The highest BCUT2D eigenvalue weighted by Gasteiger charge is 2.44. The fourth-order valence-electron chi connectivity index (χ4n) is 4.71. The van der Waals surface area contributed by atoms with E-state index < -0.39 is 5.54 Å². The van der Waals surface area contributed by atoms with Gasteiger partial charge in [0.15, 0.2) is 0 Å². The lowest BCUT2D eigenvalue weighted by Crippen LogP contribution is -2.57. The fraction of sp³-hybridized carbons (Fsp3) is 0.938. The van der Waals surface area contributed by atoms with Crippen LogP contribution in [0.25, 0.3) is 0 Å². The summed E-state index contributed by atoms with van der Waals surface area (Å²) < 4.78 is 0. The van der Waals surface area contributed by atoms with Crippen LogP contribution in [-0.4, -0.2) is 59.5 Å². The molecule has 0 aromatic rings. The molecule has 1 amide bonds. The summed E-state index contributed by atoms with van der Waals surface area (Å²) in [6.07, 6.45) is 6.55. The minimum atomic E-state index is -0.752. The van der Waals surface area contributed by atoms with Gasteiger partial charge < -0.3 is 11.5 Å². The van der Waals surface area contributed by atoms with Crippen LogP contribution in [0.5, 0.6) is 0 Å². The zero-order chi connectivity index (χ0) is 15.0. The lowest BCUT2D eigenvalue weighted by molar-refractivity contribution is -0.124. The molecule has 3 aliphatic rings. The number of carbonyl (C=O) groups excluding carboxylic acids is 1. The maximum absolute atomic E-state index is 11.7. The second kappa shape index (κ2) is 5.86. The Hall–Kier alpha value is -0.650. The Balaban J connectivity index is 1.56. The second-order valence-electron chi connectivity index (χ2n) is 7.42. The molecule has 1 aliphatic carbocycles. The first kappa shape index (κ1) is 15.3. The third-order valence-corrected chi connectivity index (χ3v) is 6.16. The van der Waals surface area contributed by atoms with E-state index in [1.165, 1.54) is 32.5 Å². The minimum absolute atomic E-state index is 0.267. The summed E-state index contributed by atoms with van der Waals surface area (Å²) in [6.45, 7) is 7.04. The van der Waals surface area contributed by atoms with Gasteiger partial charge in [-0.2, -0.15) is 0 Å². The van der Waals surface area contributed by atoms with Crippen molar-refractivity contribution < 1.29 is 4.79 Å². The van der Waals surface area contributed by atoms with E-state index in [0.717, 1.165) is 38.3 Å². The van der Waals surface area contributed by atoms with Crippen molar-refractivity contribution in [2.24, 2.45) is 17.4 Å². The first-order valence-corrected chi connectivity index (χ1v) is 8.57. The molecule has 2 saturated heterocycles. The highest BCUT2D eigenvalue weighted by Crippen LogP contribution is 2.36. The minimum Gasteiger partial charge on any atom is -0.368 e. The van der Waals surface area contributed by atoms with Crippen LogP contribution in [0.2, 0.25) is 0 Å². The number of piperazine rings is 1. The van der Waals surface area contributed by atoms with Crippen molar-refractivity contribution in [3.63, 3.8) is 0 Å². The highest BCUT2D eigenvalue weighted by atomic mass is 16.1. The molecule has 0 spiro atoms. The molecular formula is C16H30N4O. The molecule has 4 atom stereocenters. The van der Waals surface area contributed by atoms with Crippen LogP contribution in [0.4, 0.5) is 0 Å². The molecule has 0 radical (unpaired) electrons. The van der Waals surface area contributed by atoms with Crippen molar-refractivity contribution in [3.05, 3.63) is 0 Å². The number of nitrogens with two attached hydrogens (primary N) is 2. The van der Waals surface area contributed by atoms with E-state index in [4.69, 9.17) is 11.5 Å². The van der Waals surface area contributed by atoms with E-state index in [2.05, 4.69) is 16.7 Å². The van der Waals surface area contributed by atoms with E-state index >= 15 is 0 Å². The van der Waals surface area contributed by atoms with Crippen LogP contribution < -0.4 is 11.5 Å². The summed E-state index contributed by atoms with van der Waals surface area (Å²) in [4.78, 5) is 16.9. The Morgan fingerprint density at radius 2 is 2.10 bits per heavy atom. The average Bonchev–Trinajstić information content (AvgIpc) is 3.03. The van der Waals surface area contributed by atoms with Crippen molar-refractivity contribution in [1.82, 2.24) is 9.80 Å². The van der Waals surface area contributed by atoms with Gasteiger partial charge in [-0.3, -0.25) is 14.6 Å². The van der Waals surface area contributed by atoms with Crippen molar-refractivity contribution >= 4 is 5.91 Å². The van der Waals surface area contributed by atoms with E-state index in [0.29, 0.717) is 6.04 Å². The molecule has 3 rings (SSSR count). The predicted molar refractivity (Wildman–Crippen MR) is 83.7 cm³/mol. The van der Waals surface area contributed by atoms with Crippen LogP contribution in [-0.2, 0) is 4.79 Å². The number of hydrogen-bond donors (Lipinski definition) is 2. The largest absolute Gasteiger partial charge is 0.368 e. The molecule has 0 aromatic heterocycles. The van der Waals surface area contributed by atoms with Crippen molar-refractivity contribution in [2.75, 3.05) is 26.2 Å². The molecule has 4 N–H and O–H groups in total. The van der Waals surface area contributed by atoms with Gasteiger partial charge in [0.2, 0.25) is 5.91 Å². The highest BCUT2D eigenvalue weighted by molar-refractivity contribution is 5.85. The number of amides is 1. The summed E-state index contributed by atoms with van der Waals surface area (Å²) >= 11 is 0. The summed E-state index contributed by atoms with van der Waals surface area (Å²) in [5.41, 5.74) is 11.1. The molecule has 3 fully saturated rings. The zero-order valence-electron chi connectivity index (χ0n) is 13.3. The second-order valence-corrected chi connectivity index (χ2v) is 7.42. The molecule has 2 heterocycles. The summed E-state index contributed by atoms with van der Waals surface area (Å²) in [6, 6.07) is 1.37. The van der Waals surface area contributed by atoms with Gasteiger partial charge in [-0.1, -0.05) is 6.42 Å². The number of hydrogen-bond acceptors (Lipinski definition) is 4. The average molecular weight is 294 g/mol. The molecule has 21 heavy (non-hydrogen) atoms. The van der Waals surface area contributed by atoms with E-state index in [-0.39, 0.29) is 11.8 Å².